The first-order valence-corrected chi connectivity index (χ1v) is 5.55. The minimum absolute atomic E-state index is 0.274. The van der Waals surface area contributed by atoms with Crippen LogP contribution in [0.15, 0.2) is 30.3 Å². The monoisotopic (exact) mass is 194 g/mol. The maximum atomic E-state index is 5.58. The van der Waals surface area contributed by atoms with Gasteiger partial charge in [-0.25, -0.2) is 0 Å². The zero-order chi connectivity index (χ0) is 10.8. The van der Waals surface area contributed by atoms with Crippen molar-refractivity contribution in [2.24, 2.45) is 0 Å². The first-order chi connectivity index (χ1) is 6.88. The zero-order valence-corrected chi connectivity index (χ0v) is 9.79. The standard InChI is InChI=1S/C11H16O.C2H6/c1-3-11(12-4-2)10-8-6-5-7-9-10;1-2/h5-9,11H,3-4H2,1-2H3;1-2H3. The van der Waals surface area contributed by atoms with Crippen LogP contribution in [0.3, 0.4) is 0 Å². The van der Waals surface area contributed by atoms with Gasteiger partial charge in [-0.2, -0.15) is 0 Å². The smallest absolute Gasteiger partial charge is 0.0822 e. The summed E-state index contributed by atoms with van der Waals surface area (Å²) in [5.74, 6) is 0. The maximum absolute atomic E-state index is 5.58. The quantitative estimate of drug-likeness (QED) is 0.698. The summed E-state index contributed by atoms with van der Waals surface area (Å²) in [6.45, 7) is 8.96. The Morgan fingerprint density at radius 2 is 1.64 bits per heavy atom. The lowest BCUT2D eigenvalue weighted by Gasteiger charge is -2.14. The van der Waals surface area contributed by atoms with Crippen molar-refractivity contribution in [1.29, 1.82) is 0 Å². The fourth-order valence-electron chi connectivity index (χ4n) is 1.32. The molecule has 0 aliphatic carbocycles. The second kappa shape index (κ2) is 8.76. The van der Waals surface area contributed by atoms with E-state index in [1.54, 1.807) is 0 Å². The van der Waals surface area contributed by atoms with Gasteiger partial charge in [0.1, 0.15) is 0 Å². The highest BCUT2D eigenvalue weighted by molar-refractivity contribution is 5.17. The fraction of sp³-hybridized carbons (Fsp3) is 0.538. The van der Waals surface area contributed by atoms with Gasteiger partial charge in [-0.3, -0.25) is 0 Å². The molecule has 0 aliphatic rings. The van der Waals surface area contributed by atoms with Gasteiger partial charge in [0.05, 0.1) is 6.10 Å². The zero-order valence-electron chi connectivity index (χ0n) is 9.79. The molecule has 0 aromatic heterocycles. The number of hydrogen-bond donors (Lipinski definition) is 0. The van der Waals surface area contributed by atoms with Gasteiger partial charge in [-0.15, -0.1) is 0 Å². The van der Waals surface area contributed by atoms with Crippen LogP contribution in [-0.4, -0.2) is 6.61 Å². The number of rotatable bonds is 4. The molecule has 0 N–H and O–H groups in total. The van der Waals surface area contributed by atoms with E-state index in [2.05, 4.69) is 31.2 Å². The predicted molar refractivity (Wildman–Crippen MR) is 62.4 cm³/mol. The van der Waals surface area contributed by atoms with Crippen LogP contribution in [0, 0.1) is 0 Å². The fourth-order valence-corrected chi connectivity index (χ4v) is 1.32. The first-order valence-electron chi connectivity index (χ1n) is 5.55. The topological polar surface area (TPSA) is 9.23 Å². The van der Waals surface area contributed by atoms with Crippen LogP contribution in [0.1, 0.15) is 45.8 Å². The lowest BCUT2D eigenvalue weighted by atomic mass is 10.1. The van der Waals surface area contributed by atoms with E-state index in [9.17, 15) is 0 Å². The largest absolute Gasteiger partial charge is 0.374 e. The Morgan fingerprint density at radius 3 is 2.07 bits per heavy atom. The van der Waals surface area contributed by atoms with E-state index in [-0.39, 0.29) is 6.10 Å². The van der Waals surface area contributed by atoms with E-state index in [0.29, 0.717) is 0 Å². The van der Waals surface area contributed by atoms with Gasteiger partial charge in [0.25, 0.3) is 0 Å². The molecule has 0 fully saturated rings. The van der Waals surface area contributed by atoms with Crippen molar-refractivity contribution >= 4 is 0 Å². The maximum Gasteiger partial charge on any atom is 0.0822 e. The minimum Gasteiger partial charge on any atom is -0.374 e. The highest BCUT2D eigenvalue weighted by atomic mass is 16.5. The van der Waals surface area contributed by atoms with E-state index in [1.807, 2.05) is 26.8 Å². The molecule has 1 unspecified atom stereocenters. The molecule has 80 valence electrons. The summed E-state index contributed by atoms with van der Waals surface area (Å²) < 4.78 is 5.58. The van der Waals surface area contributed by atoms with Crippen LogP contribution in [0.25, 0.3) is 0 Å². The Morgan fingerprint density at radius 1 is 1.07 bits per heavy atom. The number of ether oxygens (including phenoxy) is 1. The highest BCUT2D eigenvalue weighted by Crippen LogP contribution is 2.19. The Kier molecular flexibility index (Phi) is 8.25. The Balaban J connectivity index is 0.000000791. The molecular weight excluding hydrogens is 172 g/mol. The van der Waals surface area contributed by atoms with Gasteiger partial charge in [0.2, 0.25) is 0 Å². The van der Waals surface area contributed by atoms with Crippen molar-refractivity contribution in [3.05, 3.63) is 35.9 Å². The third kappa shape index (κ3) is 4.43. The van der Waals surface area contributed by atoms with Crippen molar-refractivity contribution in [2.75, 3.05) is 6.61 Å². The van der Waals surface area contributed by atoms with E-state index in [1.165, 1.54) is 5.56 Å². The van der Waals surface area contributed by atoms with Crippen molar-refractivity contribution in [3.8, 4) is 0 Å². The summed E-state index contributed by atoms with van der Waals surface area (Å²) in [6.07, 6.45) is 1.31. The number of hydrogen-bond acceptors (Lipinski definition) is 1. The summed E-state index contributed by atoms with van der Waals surface area (Å²) in [6, 6.07) is 10.4. The summed E-state index contributed by atoms with van der Waals surface area (Å²) in [4.78, 5) is 0. The van der Waals surface area contributed by atoms with Gasteiger partial charge >= 0.3 is 0 Å². The normalized spacial score (nSPS) is 11.4. The molecule has 1 aromatic rings. The van der Waals surface area contributed by atoms with Gasteiger partial charge in [-0.05, 0) is 18.9 Å². The van der Waals surface area contributed by atoms with Crippen LogP contribution in [0.5, 0.6) is 0 Å². The average molecular weight is 194 g/mol. The Hall–Kier alpha value is -0.820. The molecule has 0 heterocycles. The van der Waals surface area contributed by atoms with Crippen LogP contribution in [0.4, 0.5) is 0 Å². The molecule has 0 spiro atoms. The third-order valence-corrected chi connectivity index (χ3v) is 1.91. The molecule has 1 aromatic carbocycles. The molecule has 1 heteroatoms. The summed E-state index contributed by atoms with van der Waals surface area (Å²) in [7, 11) is 0. The average Bonchev–Trinajstić information content (AvgIpc) is 2.30. The molecule has 1 rings (SSSR count). The lowest BCUT2D eigenvalue weighted by Crippen LogP contribution is -2.02. The van der Waals surface area contributed by atoms with Crippen LogP contribution in [0.2, 0.25) is 0 Å². The molecule has 1 nitrogen and oxygen atoms in total. The molecule has 0 saturated heterocycles. The van der Waals surface area contributed by atoms with Crippen LogP contribution in [-0.2, 0) is 4.74 Å². The highest BCUT2D eigenvalue weighted by Gasteiger charge is 2.06. The van der Waals surface area contributed by atoms with Gasteiger partial charge in [-0.1, -0.05) is 51.1 Å². The van der Waals surface area contributed by atoms with Crippen LogP contribution < -0.4 is 0 Å². The third-order valence-electron chi connectivity index (χ3n) is 1.91. The van der Waals surface area contributed by atoms with Crippen molar-refractivity contribution in [1.82, 2.24) is 0 Å². The SMILES string of the molecule is CC.CCOC(CC)c1ccccc1. The Bertz CT molecular complexity index is 206. The van der Waals surface area contributed by atoms with E-state index >= 15 is 0 Å². The first kappa shape index (κ1) is 13.2. The van der Waals surface area contributed by atoms with E-state index in [0.717, 1.165) is 13.0 Å². The number of benzene rings is 1. The van der Waals surface area contributed by atoms with Gasteiger partial charge in [0.15, 0.2) is 0 Å². The molecule has 0 bridgehead atoms. The molecule has 0 radical (unpaired) electrons. The Labute approximate surface area is 88.1 Å². The van der Waals surface area contributed by atoms with Crippen molar-refractivity contribution in [2.45, 2.75) is 40.2 Å². The molecule has 1 atom stereocenters. The molecule has 0 saturated carbocycles. The predicted octanol–water partition coefficient (Wildman–Crippen LogP) is 4.20. The van der Waals surface area contributed by atoms with Gasteiger partial charge < -0.3 is 4.74 Å². The second-order valence-corrected chi connectivity index (χ2v) is 2.76. The van der Waals surface area contributed by atoms with Gasteiger partial charge in [0, 0.05) is 6.61 Å². The molecule has 0 aliphatic heterocycles. The van der Waals surface area contributed by atoms with Crippen molar-refractivity contribution < 1.29 is 4.74 Å². The summed E-state index contributed by atoms with van der Waals surface area (Å²) in [5.41, 5.74) is 1.28. The van der Waals surface area contributed by atoms with E-state index < -0.39 is 0 Å². The molecular formula is C13H22O. The second-order valence-electron chi connectivity index (χ2n) is 2.76. The van der Waals surface area contributed by atoms with Crippen LogP contribution >= 0.6 is 0 Å². The van der Waals surface area contributed by atoms with Crippen molar-refractivity contribution in [3.63, 3.8) is 0 Å². The summed E-state index contributed by atoms with van der Waals surface area (Å²) in [5, 5.41) is 0. The molecule has 0 amide bonds. The lowest BCUT2D eigenvalue weighted by molar-refractivity contribution is 0.0598. The minimum atomic E-state index is 0.274. The summed E-state index contributed by atoms with van der Waals surface area (Å²) >= 11 is 0. The van der Waals surface area contributed by atoms with E-state index in [4.69, 9.17) is 4.74 Å². The molecule has 14 heavy (non-hydrogen) atoms.